The Bertz CT molecular complexity index is 421. The Balaban J connectivity index is 2.11. The van der Waals surface area contributed by atoms with Gasteiger partial charge in [-0.05, 0) is 81.2 Å². The van der Waals surface area contributed by atoms with Crippen LogP contribution in [0.5, 0.6) is 0 Å². The SMILES string of the molecule is Cc1cc(C)c(C)c(C(Cl)CCC2CCCO2)c1C. The minimum atomic E-state index is 0.114. The van der Waals surface area contributed by atoms with Crippen LogP contribution in [0.25, 0.3) is 0 Å². The summed E-state index contributed by atoms with van der Waals surface area (Å²) in [5.74, 6) is 0. The topological polar surface area (TPSA) is 9.23 Å². The Labute approximate surface area is 122 Å². The molecule has 2 unspecified atom stereocenters. The van der Waals surface area contributed by atoms with E-state index in [0.29, 0.717) is 6.10 Å². The van der Waals surface area contributed by atoms with Crippen molar-refractivity contribution in [3.63, 3.8) is 0 Å². The molecule has 2 heteroatoms. The van der Waals surface area contributed by atoms with E-state index in [1.165, 1.54) is 40.7 Å². The number of hydrogen-bond acceptors (Lipinski definition) is 1. The van der Waals surface area contributed by atoms with Crippen molar-refractivity contribution in [2.45, 2.75) is 64.9 Å². The molecule has 1 fully saturated rings. The van der Waals surface area contributed by atoms with Crippen LogP contribution in [0, 0.1) is 27.7 Å². The predicted molar refractivity (Wildman–Crippen MR) is 82.2 cm³/mol. The van der Waals surface area contributed by atoms with Crippen LogP contribution in [-0.4, -0.2) is 12.7 Å². The van der Waals surface area contributed by atoms with Crippen LogP contribution in [0.3, 0.4) is 0 Å². The molecule has 0 amide bonds. The summed E-state index contributed by atoms with van der Waals surface area (Å²) in [6.45, 7) is 9.67. The fourth-order valence-corrected chi connectivity index (χ4v) is 3.52. The summed E-state index contributed by atoms with van der Waals surface area (Å²) in [4.78, 5) is 0. The van der Waals surface area contributed by atoms with Gasteiger partial charge in [-0.25, -0.2) is 0 Å². The van der Waals surface area contributed by atoms with Gasteiger partial charge in [-0.3, -0.25) is 0 Å². The van der Waals surface area contributed by atoms with Crippen molar-refractivity contribution >= 4 is 11.6 Å². The molecule has 1 aliphatic rings. The maximum atomic E-state index is 6.68. The number of benzene rings is 1. The highest BCUT2D eigenvalue weighted by atomic mass is 35.5. The third-order valence-corrected chi connectivity index (χ3v) is 4.94. The number of alkyl halides is 1. The predicted octanol–water partition coefficient (Wildman–Crippen LogP) is 5.16. The van der Waals surface area contributed by atoms with Gasteiger partial charge >= 0.3 is 0 Å². The molecule has 0 N–H and O–H groups in total. The van der Waals surface area contributed by atoms with Crippen molar-refractivity contribution in [2.24, 2.45) is 0 Å². The van der Waals surface area contributed by atoms with Crippen LogP contribution in [0.4, 0.5) is 0 Å². The average Bonchev–Trinajstić information content (AvgIpc) is 2.87. The number of ether oxygens (including phenoxy) is 1. The zero-order valence-electron chi connectivity index (χ0n) is 12.6. The van der Waals surface area contributed by atoms with Gasteiger partial charge in [-0.2, -0.15) is 0 Å². The quantitative estimate of drug-likeness (QED) is 0.692. The minimum Gasteiger partial charge on any atom is -0.378 e. The Morgan fingerprint density at radius 1 is 1.21 bits per heavy atom. The van der Waals surface area contributed by atoms with Gasteiger partial charge in [0.25, 0.3) is 0 Å². The lowest BCUT2D eigenvalue weighted by Gasteiger charge is -2.20. The number of rotatable bonds is 4. The lowest BCUT2D eigenvalue weighted by molar-refractivity contribution is 0.102. The van der Waals surface area contributed by atoms with E-state index in [1.54, 1.807) is 0 Å². The number of aryl methyl sites for hydroxylation is 2. The monoisotopic (exact) mass is 280 g/mol. The van der Waals surface area contributed by atoms with Crippen LogP contribution >= 0.6 is 11.6 Å². The molecule has 19 heavy (non-hydrogen) atoms. The highest BCUT2D eigenvalue weighted by Gasteiger charge is 2.20. The van der Waals surface area contributed by atoms with Crippen molar-refractivity contribution < 1.29 is 4.74 Å². The fourth-order valence-electron chi connectivity index (χ4n) is 3.07. The van der Waals surface area contributed by atoms with Gasteiger partial charge in [0.15, 0.2) is 0 Å². The first-order chi connectivity index (χ1) is 9.00. The lowest BCUT2D eigenvalue weighted by Crippen LogP contribution is -2.08. The first-order valence-corrected chi connectivity index (χ1v) is 7.77. The molecule has 1 aromatic carbocycles. The normalized spacial score (nSPS) is 20.8. The molecule has 0 spiro atoms. The van der Waals surface area contributed by atoms with Gasteiger partial charge in [0.2, 0.25) is 0 Å². The van der Waals surface area contributed by atoms with Crippen LogP contribution < -0.4 is 0 Å². The first-order valence-electron chi connectivity index (χ1n) is 7.33. The molecule has 2 atom stereocenters. The Hall–Kier alpha value is -0.530. The summed E-state index contributed by atoms with van der Waals surface area (Å²) < 4.78 is 5.69. The third-order valence-electron chi connectivity index (χ3n) is 4.50. The summed E-state index contributed by atoms with van der Waals surface area (Å²) in [5.41, 5.74) is 6.75. The summed E-state index contributed by atoms with van der Waals surface area (Å²) >= 11 is 6.68. The molecule has 1 nitrogen and oxygen atoms in total. The fraction of sp³-hybridized carbons (Fsp3) is 0.647. The molecule has 0 aliphatic carbocycles. The average molecular weight is 281 g/mol. The molecule has 2 rings (SSSR count). The summed E-state index contributed by atoms with van der Waals surface area (Å²) in [6.07, 6.45) is 4.94. The van der Waals surface area contributed by atoms with Gasteiger partial charge in [0.1, 0.15) is 0 Å². The summed E-state index contributed by atoms with van der Waals surface area (Å²) in [6, 6.07) is 2.26. The van der Waals surface area contributed by atoms with Gasteiger partial charge in [-0.15, -0.1) is 11.6 Å². The molecule has 0 bridgehead atoms. The van der Waals surface area contributed by atoms with E-state index in [4.69, 9.17) is 16.3 Å². The van der Waals surface area contributed by atoms with Crippen molar-refractivity contribution in [3.8, 4) is 0 Å². The van der Waals surface area contributed by atoms with Crippen molar-refractivity contribution in [1.29, 1.82) is 0 Å². The number of hydrogen-bond donors (Lipinski definition) is 0. The zero-order chi connectivity index (χ0) is 14.0. The summed E-state index contributed by atoms with van der Waals surface area (Å²) in [5, 5.41) is 0.114. The van der Waals surface area contributed by atoms with E-state index >= 15 is 0 Å². The van der Waals surface area contributed by atoms with Gasteiger partial charge < -0.3 is 4.74 Å². The van der Waals surface area contributed by atoms with E-state index < -0.39 is 0 Å². The first kappa shape index (κ1) is 14.9. The Morgan fingerprint density at radius 3 is 2.37 bits per heavy atom. The largest absolute Gasteiger partial charge is 0.378 e. The Morgan fingerprint density at radius 2 is 1.84 bits per heavy atom. The summed E-state index contributed by atoms with van der Waals surface area (Å²) in [7, 11) is 0. The maximum Gasteiger partial charge on any atom is 0.0591 e. The molecule has 106 valence electrons. The van der Waals surface area contributed by atoms with Crippen molar-refractivity contribution in [1.82, 2.24) is 0 Å². The van der Waals surface area contributed by atoms with Crippen LogP contribution in [0.1, 0.15) is 58.9 Å². The third kappa shape index (κ3) is 3.32. The molecular formula is C17H25ClO. The van der Waals surface area contributed by atoms with E-state index in [9.17, 15) is 0 Å². The van der Waals surface area contributed by atoms with Gasteiger partial charge in [0.05, 0.1) is 11.5 Å². The maximum absolute atomic E-state index is 6.68. The molecule has 1 saturated heterocycles. The molecule has 1 aromatic rings. The smallest absolute Gasteiger partial charge is 0.0591 e. The zero-order valence-corrected chi connectivity index (χ0v) is 13.3. The second kappa shape index (κ2) is 6.28. The van der Waals surface area contributed by atoms with Crippen molar-refractivity contribution in [3.05, 3.63) is 33.9 Å². The standard InChI is InChI=1S/C17H25ClO/c1-11-10-12(2)14(4)17(13(11)3)16(18)8-7-15-6-5-9-19-15/h10,15-16H,5-9H2,1-4H3. The molecule has 0 saturated carbocycles. The van der Waals surface area contributed by atoms with E-state index in [0.717, 1.165) is 19.4 Å². The van der Waals surface area contributed by atoms with Crippen LogP contribution in [0.2, 0.25) is 0 Å². The van der Waals surface area contributed by atoms with E-state index in [2.05, 4.69) is 33.8 Å². The minimum absolute atomic E-state index is 0.114. The van der Waals surface area contributed by atoms with Gasteiger partial charge in [-0.1, -0.05) is 6.07 Å². The highest BCUT2D eigenvalue weighted by molar-refractivity contribution is 6.21. The lowest BCUT2D eigenvalue weighted by atomic mass is 9.90. The second-order valence-electron chi connectivity index (χ2n) is 5.85. The van der Waals surface area contributed by atoms with E-state index in [-0.39, 0.29) is 5.38 Å². The van der Waals surface area contributed by atoms with Crippen LogP contribution in [-0.2, 0) is 4.74 Å². The van der Waals surface area contributed by atoms with Crippen LogP contribution in [0.15, 0.2) is 6.07 Å². The molecule has 1 aliphatic heterocycles. The highest BCUT2D eigenvalue weighted by Crippen LogP contribution is 2.35. The second-order valence-corrected chi connectivity index (χ2v) is 6.38. The molecular weight excluding hydrogens is 256 g/mol. The Kier molecular flexibility index (Phi) is 4.92. The molecule has 0 radical (unpaired) electrons. The molecule has 1 heterocycles. The van der Waals surface area contributed by atoms with Crippen molar-refractivity contribution in [2.75, 3.05) is 6.61 Å². The van der Waals surface area contributed by atoms with E-state index in [1.807, 2.05) is 0 Å². The molecule has 0 aromatic heterocycles. The van der Waals surface area contributed by atoms with Gasteiger partial charge in [0, 0.05) is 6.61 Å². The number of halogens is 1.